The fraction of sp³-hybridized carbons (Fsp3) is 0.600. The Bertz CT molecular complexity index is 1540. The number of rotatable bonds is 41. The van der Waals surface area contributed by atoms with Gasteiger partial charge in [0.15, 0.2) is 5.78 Å². The van der Waals surface area contributed by atoms with Crippen LogP contribution < -0.4 is 0 Å². The van der Waals surface area contributed by atoms with Crippen molar-refractivity contribution in [1.29, 1.82) is 0 Å². The highest BCUT2D eigenvalue weighted by atomic mass is 16.4. The molecule has 388 valence electrons. The Balaban J connectivity index is 0.000000956. The minimum absolute atomic E-state index is 0.318. The number of aliphatic carboxylic acids is 1. The molecule has 2 N–H and O–H groups in total. The molecular weight excluding hydrogens is 843 g/mol. The number of nitrogens with one attached hydrogen (secondary N) is 1. The van der Waals surface area contributed by atoms with E-state index in [0.29, 0.717) is 12.2 Å². The van der Waals surface area contributed by atoms with Crippen molar-refractivity contribution in [2.75, 3.05) is 0 Å². The van der Waals surface area contributed by atoms with Crippen LogP contribution >= 0.6 is 0 Å². The van der Waals surface area contributed by atoms with Gasteiger partial charge in [-0.3, -0.25) is 9.59 Å². The van der Waals surface area contributed by atoms with Crippen LogP contribution in [-0.2, 0) is 9.59 Å². The summed E-state index contributed by atoms with van der Waals surface area (Å²) in [7, 11) is 0. The van der Waals surface area contributed by atoms with E-state index in [1.165, 1.54) is 161 Å². The molecule has 0 amide bonds. The van der Waals surface area contributed by atoms with Gasteiger partial charge in [0.25, 0.3) is 0 Å². The first-order chi connectivity index (χ1) is 34.0. The summed E-state index contributed by atoms with van der Waals surface area (Å²) in [6, 6.07) is 3.89. The van der Waals surface area contributed by atoms with Crippen molar-refractivity contribution in [3.8, 4) is 0 Å². The summed E-state index contributed by atoms with van der Waals surface area (Å²) >= 11 is 0. The lowest BCUT2D eigenvalue weighted by Crippen LogP contribution is -2.00. The molecule has 0 saturated heterocycles. The quantitative estimate of drug-likeness (QED) is 0.0508. The number of carbonyl (C=O) groups excluding carboxylic acids is 1. The lowest BCUT2D eigenvalue weighted by molar-refractivity contribution is -0.137. The summed E-state index contributed by atoms with van der Waals surface area (Å²) in [5.41, 5.74) is 2.63. The molecule has 0 aliphatic heterocycles. The maximum absolute atomic E-state index is 11.8. The molecule has 2 aliphatic rings. The van der Waals surface area contributed by atoms with Gasteiger partial charge >= 0.3 is 5.97 Å². The second kappa shape index (κ2) is 56.4. The molecule has 0 saturated carbocycles. The van der Waals surface area contributed by atoms with E-state index in [0.717, 1.165) is 69.8 Å². The molecule has 4 heteroatoms. The van der Waals surface area contributed by atoms with E-state index in [1.807, 2.05) is 36.7 Å². The van der Waals surface area contributed by atoms with Crippen LogP contribution in [0, 0.1) is 0 Å². The molecular formula is C65H105NO3. The molecule has 2 aliphatic carbocycles. The van der Waals surface area contributed by atoms with Crippen molar-refractivity contribution in [3.05, 3.63) is 145 Å². The van der Waals surface area contributed by atoms with Crippen LogP contribution in [0.15, 0.2) is 145 Å². The largest absolute Gasteiger partial charge is 0.481 e. The number of hydrogen-bond acceptors (Lipinski definition) is 2. The van der Waals surface area contributed by atoms with Crippen LogP contribution in [0.3, 0.4) is 0 Å². The summed E-state index contributed by atoms with van der Waals surface area (Å²) in [5.74, 6) is -0.328. The number of carboxylic acids is 1. The summed E-state index contributed by atoms with van der Waals surface area (Å²) < 4.78 is 0. The number of carbonyl (C=O) groups is 2. The molecule has 3 rings (SSSR count). The fourth-order valence-corrected chi connectivity index (χ4v) is 7.76. The minimum atomic E-state index is -0.675. The third-order valence-electron chi connectivity index (χ3n) is 12.1. The van der Waals surface area contributed by atoms with Crippen LogP contribution in [0.2, 0.25) is 0 Å². The standard InChI is InChI=1S/C22H34O.C22H36.C17H30O2.C4H5N/c1-2-3-4-5-6-7-8-9-10-11-12-13-14-15-20-22(23)21-18-16-17-19-21;1-2-3-4-5-6-7-8-9-10-11-12-13-14-15-16-19-22-20-17-18-21-22;1-2-3-4-5-6-7-8-9-10-11-12-13-14-15-16-17(18)19;1-2-4-5-3-1/h6-7,9-10,16-18H,2-5,8,11-15,19-20H2,1H3;6-7,9-10,17-18,20H,2-5,8,11-16,19,21H2,1H3;6-7,9-10H,2-5,8,11-16H2,1H3,(H,18,19);1-5H/b3*7-6-,10-9-;. The molecule has 1 heterocycles. The summed E-state index contributed by atoms with van der Waals surface area (Å²) in [4.78, 5) is 25.0. The van der Waals surface area contributed by atoms with Gasteiger partial charge < -0.3 is 10.1 Å². The predicted molar refractivity (Wildman–Crippen MR) is 306 cm³/mol. The number of ketones is 1. The maximum atomic E-state index is 11.8. The van der Waals surface area contributed by atoms with Gasteiger partial charge in [-0.15, -0.1) is 0 Å². The van der Waals surface area contributed by atoms with E-state index < -0.39 is 5.97 Å². The van der Waals surface area contributed by atoms with Gasteiger partial charge in [-0.1, -0.05) is 219 Å². The first kappa shape index (κ1) is 64.8. The molecule has 1 aromatic rings. The van der Waals surface area contributed by atoms with Gasteiger partial charge in [0.1, 0.15) is 0 Å². The Morgan fingerprint density at radius 2 is 0.826 bits per heavy atom. The van der Waals surface area contributed by atoms with Crippen LogP contribution in [-0.4, -0.2) is 21.8 Å². The molecule has 0 radical (unpaired) electrons. The van der Waals surface area contributed by atoms with Crippen LogP contribution in [0.5, 0.6) is 0 Å². The highest BCUT2D eigenvalue weighted by Gasteiger charge is 2.09. The lowest BCUT2D eigenvalue weighted by Gasteiger charge is -2.02. The zero-order valence-corrected chi connectivity index (χ0v) is 44.9. The van der Waals surface area contributed by atoms with E-state index in [9.17, 15) is 9.59 Å². The number of hydrogen-bond donors (Lipinski definition) is 2. The van der Waals surface area contributed by atoms with Crippen LogP contribution in [0.1, 0.15) is 252 Å². The van der Waals surface area contributed by atoms with Gasteiger partial charge in [0.2, 0.25) is 0 Å². The molecule has 69 heavy (non-hydrogen) atoms. The van der Waals surface area contributed by atoms with Crippen molar-refractivity contribution < 1.29 is 14.7 Å². The van der Waals surface area contributed by atoms with Crippen molar-refractivity contribution in [2.24, 2.45) is 0 Å². The monoisotopic (exact) mass is 948 g/mol. The van der Waals surface area contributed by atoms with Crippen molar-refractivity contribution in [2.45, 2.75) is 252 Å². The zero-order valence-electron chi connectivity index (χ0n) is 44.9. The van der Waals surface area contributed by atoms with Crippen LogP contribution in [0.25, 0.3) is 0 Å². The molecule has 0 bridgehead atoms. The van der Waals surface area contributed by atoms with Gasteiger partial charge in [-0.25, -0.2) is 0 Å². The number of H-pyrrole nitrogens is 1. The second-order valence-corrected chi connectivity index (χ2v) is 18.7. The first-order valence-electron chi connectivity index (χ1n) is 28.5. The van der Waals surface area contributed by atoms with E-state index in [-0.39, 0.29) is 0 Å². The number of aromatic nitrogens is 1. The average molecular weight is 949 g/mol. The second-order valence-electron chi connectivity index (χ2n) is 18.7. The highest BCUT2D eigenvalue weighted by molar-refractivity contribution is 5.96. The first-order valence-corrected chi connectivity index (χ1v) is 28.5. The predicted octanol–water partition coefficient (Wildman–Crippen LogP) is 21.1. The third-order valence-corrected chi connectivity index (χ3v) is 12.1. The Morgan fingerprint density at radius 3 is 1.19 bits per heavy atom. The van der Waals surface area contributed by atoms with E-state index in [4.69, 9.17) is 5.11 Å². The van der Waals surface area contributed by atoms with Gasteiger partial charge in [0.05, 0.1) is 0 Å². The van der Waals surface area contributed by atoms with Crippen molar-refractivity contribution in [3.63, 3.8) is 0 Å². The van der Waals surface area contributed by atoms with E-state index >= 15 is 0 Å². The highest BCUT2D eigenvalue weighted by Crippen LogP contribution is 2.19. The SMILES string of the molecule is CCCCC/C=C\C/C=C\CCCCCCC(=O)C1=CC=CC1.CCCCC/C=C\C/C=C\CCCCCCC(=O)O.CCCCC/C=C\C/C=C\CCCCCCCC1=CC=CC1.c1cc[nH]c1. The number of aromatic amines is 1. The molecule has 0 spiro atoms. The van der Waals surface area contributed by atoms with Gasteiger partial charge in [0, 0.05) is 25.2 Å². The van der Waals surface area contributed by atoms with Crippen molar-refractivity contribution in [1.82, 2.24) is 4.98 Å². The number of unbranched alkanes of at least 4 members (excludes halogenated alkanes) is 22. The summed E-state index contributed by atoms with van der Waals surface area (Å²) in [6.07, 6.45) is 86.8. The van der Waals surface area contributed by atoms with E-state index in [2.05, 4.69) is 123 Å². The van der Waals surface area contributed by atoms with Gasteiger partial charge in [-0.2, -0.15) is 0 Å². The normalized spacial score (nSPS) is 13.1. The number of Topliss-reactive ketones (excluding diaryl/α,β-unsaturated/α-hetero) is 1. The molecule has 4 nitrogen and oxygen atoms in total. The Kier molecular flexibility index (Phi) is 53.0. The summed E-state index contributed by atoms with van der Waals surface area (Å²) in [6.45, 7) is 6.74. The Labute approximate surface area is 426 Å². The molecule has 0 atom stereocenters. The fourth-order valence-electron chi connectivity index (χ4n) is 7.76. The number of allylic oxidation sites excluding steroid dienone is 20. The summed E-state index contributed by atoms with van der Waals surface area (Å²) in [5, 5.41) is 8.49. The zero-order chi connectivity index (χ0) is 50.0. The van der Waals surface area contributed by atoms with Crippen molar-refractivity contribution >= 4 is 11.8 Å². The Morgan fingerprint density at radius 1 is 0.449 bits per heavy atom. The molecule has 0 aromatic carbocycles. The minimum Gasteiger partial charge on any atom is -0.481 e. The molecule has 1 aromatic heterocycles. The lowest BCUT2D eigenvalue weighted by atomic mass is 10.0. The number of carboxylic acid groups (broad SMARTS) is 1. The Hall–Kier alpha value is -4.18. The van der Waals surface area contributed by atoms with E-state index in [1.54, 1.807) is 5.57 Å². The smallest absolute Gasteiger partial charge is 0.303 e. The topological polar surface area (TPSA) is 70.2 Å². The molecule has 0 unspecified atom stereocenters. The van der Waals surface area contributed by atoms with Gasteiger partial charge in [-0.05, 0) is 153 Å². The average Bonchev–Trinajstić information content (AvgIpc) is 4.21. The third kappa shape index (κ3) is 53.0. The molecule has 0 fully saturated rings. The maximum Gasteiger partial charge on any atom is 0.303 e. The van der Waals surface area contributed by atoms with Crippen LogP contribution in [0.4, 0.5) is 0 Å².